The maximum atomic E-state index is 12.4. The molecule has 1 amide bonds. The average molecular weight is 454 g/mol. The lowest BCUT2D eigenvalue weighted by Crippen LogP contribution is -2.16. The molecule has 0 bridgehead atoms. The second kappa shape index (κ2) is 8.07. The number of ether oxygens (including phenoxy) is 2. The van der Waals surface area contributed by atoms with Crippen LogP contribution in [-0.4, -0.2) is 26.3 Å². The molecule has 0 atom stereocenters. The summed E-state index contributed by atoms with van der Waals surface area (Å²) >= 11 is 11.0. The Labute approximate surface area is 167 Å². The van der Waals surface area contributed by atoms with Crippen LogP contribution in [0.15, 0.2) is 46.0 Å². The van der Waals surface area contributed by atoms with Crippen LogP contribution in [0.4, 0.5) is 0 Å². The number of thiophene rings is 1. The van der Waals surface area contributed by atoms with Gasteiger partial charge in [0.05, 0.1) is 25.5 Å². The smallest absolute Gasteiger partial charge is 0.283 e. The van der Waals surface area contributed by atoms with Gasteiger partial charge in [0.1, 0.15) is 16.4 Å². The minimum Gasteiger partial charge on any atom is -0.497 e. The first-order chi connectivity index (χ1) is 12.5. The normalized spacial score (nSPS) is 11.1. The van der Waals surface area contributed by atoms with E-state index in [0.717, 1.165) is 20.1 Å². The van der Waals surface area contributed by atoms with Crippen LogP contribution in [0.2, 0.25) is 5.02 Å². The lowest BCUT2D eigenvalue weighted by Gasteiger charge is -2.04. The van der Waals surface area contributed by atoms with Crippen LogP contribution in [0, 0.1) is 0 Å². The maximum absolute atomic E-state index is 12.4. The third-order valence-corrected chi connectivity index (χ3v) is 5.75. The predicted molar refractivity (Wildman–Crippen MR) is 109 cm³/mol. The van der Waals surface area contributed by atoms with Crippen molar-refractivity contribution in [2.45, 2.75) is 0 Å². The predicted octanol–water partition coefficient (Wildman–Crippen LogP) is 5.10. The molecule has 0 saturated heterocycles. The van der Waals surface area contributed by atoms with E-state index in [-0.39, 0.29) is 5.91 Å². The van der Waals surface area contributed by atoms with Gasteiger partial charge in [-0.05, 0) is 36.4 Å². The maximum Gasteiger partial charge on any atom is 0.283 e. The Hall–Kier alpha value is -2.09. The van der Waals surface area contributed by atoms with Gasteiger partial charge in [0.15, 0.2) is 0 Å². The minimum atomic E-state index is -0.375. The monoisotopic (exact) mass is 452 g/mol. The van der Waals surface area contributed by atoms with Crippen molar-refractivity contribution in [1.82, 2.24) is 5.43 Å². The molecule has 3 rings (SSSR count). The van der Waals surface area contributed by atoms with Crippen LogP contribution in [0.25, 0.3) is 10.1 Å². The molecule has 1 heterocycles. The van der Waals surface area contributed by atoms with Crippen LogP contribution < -0.4 is 14.9 Å². The van der Waals surface area contributed by atoms with Crippen molar-refractivity contribution in [2.24, 2.45) is 5.10 Å². The molecule has 134 valence electrons. The number of methoxy groups -OCH3 is 2. The summed E-state index contributed by atoms with van der Waals surface area (Å²) in [7, 11) is 3.17. The Morgan fingerprint density at radius 3 is 2.77 bits per heavy atom. The summed E-state index contributed by atoms with van der Waals surface area (Å²) in [6.45, 7) is 0. The van der Waals surface area contributed by atoms with Crippen LogP contribution in [0.5, 0.6) is 11.5 Å². The zero-order valence-electron chi connectivity index (χ0n) is 13.9. The molecular formula is C18H14BrClN2O3S. The summed E-state index contributed by atoms with van der Waals surface area (Å²) in [6, 6.07) is 11.0. The second-order valence-electron chi connectivity index (χ2n) is 5.19. The molecule has 0 radical (unpaired) electrons. The molecule has 1 aromatic heterocycles. The number of benzene rings is 2. The number of carbonyl (C=O) groups is 1. The molecule has 1 N–H and O–H groups in total. The lowest BCUT2D eigenvalue weighted by molar-refractivity contribution is 0.0959. The van der Waals surface area contributed by atoms with Crippen molar-refractivity contribution >= 4 is 61.1 Å². The van der Waals surface area contributed by atoms with E-state index in [1.165, 1.54) is 17.6 Å². The molecule has 0 aliphatic heterocycles. The van der Waals surface area contributed by atoms with Gasteiger partial charge in [0, 0.05) is 20.1 Å². The molecule has 8 heteroatoms. The molecule has 0 saturated carbocycles. The second-order valence-corrected chi connectivity index (χ2v) is 7.54. The number of halogens is 2. The van der Waals surface area contributed by atoms with E-state index in [2.05, 4.69) is 26.5 Å². The quantitative estimate of drug-likeness (QED) is 0.432. The molecule has 0 fully saturated rings. The Morgan fingerprint density at radius 1 is 1.23 bits per heavy atom. The zero-order valence-corrected chi connectivity index (χ0v) is 17.0. The van der Waals surface area contributed by atoms with Gasteiger partial charge in [0.2, 0.25) is 0 Å². The highest BCUT2D eigenvalue weighted by atomic mass is 79.9. The SMILES string of the molecule is COc1ccc2c(Cl)c(C(=O)NN=Cc3cc(Br)ccc3OC)sc2c1. The Bertz CT molecular complexity index is 1000. The molecule has 0 aliphatic rings. The number of rotatable bonds is 5. The van der Waals surface area contributed by atoms with Gasteiger partial charge in [-0.3, -0.25) is 4.79 Å². The van der Waals surface area contributed by atoms with Crippen molar-refractivity contribution in [2.75, 3.05) is 14.2 Å². The fraction of sp³-hybridized carbons (Fsp3) is 0.111. The lowest BCUT2D eigenvalue weighted by atomic mass is 10.2. The molecule has 0 unspecified atom stereocenters. The van der Waals surface area contributed by atoms with Gasteiger partial charge < -0.3 is 9.47 Å². The standard InChI is InChI=1S/C18H14BrClN2O3S/c1-24-12-4-5-13-15(8-12)26-17(16(13)20)18(23)22-21-9-10-7-11(19)3-6-14(10)25-2/h3-9H,1-2H3,(H,22,23). The Kier molecular flexibility index (Phi) is 5.80. The van der Waals surface area contributed by atoms with E-state index < -0.39 is 0 Å². The van der Waals surface area contributed by atoms with Crippen LogP contribution in [0.1, 0.15) is 15.2 Å². The summed E-state index contributed by atoms with van der Waals surface area (Å²) in [4.78, 5) is 12.8. The molecular weight excluding hydrogens is 440 g/mol. The average Bonchev–Trinajstić information content (AvgIpc) is 2.98. The van der Waals surface area contributed by atoms with Crippen molar-refractivity contribution in [3.8, 4) is 11.5 Å². The van der Waals surface area contributed by atoms with E-state index >= 15 is 0 Å². The first kappa shape index (κ1) is 18.7. The minimum absolute atomic E-state index is 0.375. The first-order valence-electron chi connectivity index (χ1n) is 7.46. The van der Waals surface area contributed by atoms with Gasteiger partial charge in [-0.25, -0.2) is 5.43 Å². The summed E-state index contributed by atoms with van der Waals surface area (Å²) in [5.74, 6) is 0.987. The highest BCUT2D eigenvalue weighted by Crippen LogP contribution is 2.37. The molecule has 2 aromatic carbocycles. The highest BCUT2D eigenvalue weighted by molar-refractivity contribution is 9.10. The van der Waals surface area contributed by atoms with Crippen LogP contribution in [0.3, 0.4) is 0 Å². The van der Waals surface area contributed by atoms with Crippen molar-refractivity contribution in [3.63, 3.8) is 0 Å². The fourth-order valence-corrected chi connectivity index (χ4v) is 4.15. The fourth-order valence-electron chi connectivity index (χ4n) is 2.34. The number of nitrogens with zero attached hydrogens (tertiary/aromatic N) is 1. The number of carbonyl (C=O) groups excluding carboxylic acids is 1. The number of amides is 1. The van der Waals surface area contributed by atoms with Gasteiger partial charge in [-0.2, -0.15) is 5.10 Å². The van der Waals surface area contributed by atoms with E-state index in [9.17, 15) is 4.79 Å². The molecule has 0 spiro atoms. The number of fused-ring (bicyclic) bond motifs is 1. The van der Waals surface area contributed by atoms with Gasteiger partial charge in [0.25, 0.3) is 5.91 Å². The van der Waals surface area contributed by atoms with Gasteiger partial charge in [-0.1, -0.05) is 27.5 Å². The number of hydrazone groups is 1. The summed E-state index contributed by atoms with van der Waals surface area (Å²) in [5.41, 5.74) is 3.23. The molecule has 0 aliphatic carbocycles. The van der Waals surface area contributed by atoms with E-state index in [4.69, 9.17) is 21.1 Å². The summed E-state index contributed by atoms with van der Waals surface area (Å²) in [5, 5.41) is 5.22. The van der Waals surface area contributed by atoms with E-state index in [0.29, 0.717) is 21.4 Å². The topological polar surface area (TPSA) is 59.9 Å². The van der Waals surface area contributed by atoms with Crippen LogP contribution >= 0.6 is 38.9 Å². The van der Waals surface area contributed by atoms with E-state index in [1.54, 1.807) is 20.3 Å². The largest absolute Gasteiger partial charge is 0.497 e. The van der Waals surface area contributed by atoms with Crippen molar-refractivity contribution < 1.29 is 14.3 Å². The summed E-state index contributed by atoms with van der Waals surface area (Å²) < 4.78 is 12.2. The number of hydrogen-bond donors (Lipinski definition) is 1. The Balaban J connectivity index is 1.81. The number of nitrogens with one attached hydrogen (secondary N) is 1. The van der Waals surface area contributed by atoms with Gasteiger partial charge in [-0.15, -0.1) is 11.3 Å². The molecule has 26 heavy (non-hydrogen) atoms. The van der Waals surface area contributed by atoms with Crippen molar-refractivity contribution in [1.29, 1.82) is 0 Å². The first-order valence-corrected chi connectivity index (χ1v) is 9.45. The summed E-state index contributed by atoms with van der Waals surface area (Å²) in [6.07, 6.45) is 1.52. The highest BCUT2D eigenvalue weighted by Gasteiger charge is 2.17. The number of hydrogen-bond acceptors (Lipinski definition) is 5. The van der Waals surface area contributed by atoms with E-state index in [1.807, 2.05) is 30.3 Å². The zero-order chi connectivity index (χ0) is 18.7. The van der Waals surface area contributed by atoms with Crippen LogP contribution in [-0.2, 0) is 0 Å². The van der Waals surface area contributed by atoms with Crippen molar-refractivity contribution in [3.05, 3.63) is 56.3 Å². The van der Waals surface area contributed by atoms with Gasteiger partial charge >= 0.3 is 0 Å². The molecule has 5 nitrogen and oxygen atoms in total. The molecule has 3 aromatic rings. The third kappa shape index (κ3) is 3.85. The Morgan fingerprint density at radius 2 is 2.04 bits per heavy atom. The third-order valence-electron chi connectivity index (χ3n) is 3.60.